The van der Waals surface area contributed by atoms with E-state index in [0.717, 1.165) is 5.33 Å². The minimum atomic E-state index is 0.00258. The first kappa shape index (κ1) is 12.1. The Balaban J connectivity index is 2.27. The van der Waals surface area contributed by atoms with Gasteiger partial charge in [-0.15, -0.1) is 0 Å². The molecule has 0 aliphatic carbocycles. The molecule has 1 aromatic heterocycles. The summed E-state index contributed by atoms with van der Waals surface area (Å²) in [5.74, 6) is 0.572. The predicted molar refractivity (Wildman–Crippen MR) is 66.3 cm³/mol. The minimum Gasteiger partial charge on any atom is -0.280 e. The Hall–Kier alpha value is -0.390. The van der Waals surface area contributed by atoms with Gasteiger partial charge in [0.2, 0.25) is 11.9 Å². The normalized spacial score (nSPS) is 20.6. The first-order valence-corrected chi connectivity index (χ1v) is 6.54. The van der Waals surface area contributed by atoms with Gasteiger partial charge in [-0.2, -0.15) is 0 Å². The van der Waals surface area contributed by atoms with Gasteiger partial charge in [-0.1, -0.05) is 39.1 Å². The SMILES string of the molecule is O=C1CC(CBr)CN1c1nc(Cl)cc(Cl)n1. The van der Waals surface area contributed by atoms with Crippen molar-refractivity contribution in [1.82, 2.24) is 9.97 Å². The van der Waals surface area contributed by atoms with Crippen LogP contribution in [0.15, 0.2) is 6.07 Å². The zero-order chi connectivity index (χ0) is 11.7. The molecule has 1 unspecified atom stereocenters. The lowest BCUT2D eigenvalue weighted by molar-refractivity contribution is -0.117. The summed E-state index contributed by atoms with van der Waals surface area (Å²) in [6.45, 7) is 0.598. The van der Waals surface area contributed by atoms with Gasteiger partial charge in [0.1, 0.15) is 10.3 Å². The van der Waals surface area contributed by atoms with Crippen LogP contribution in [0.2, 0.25) is 10.3 Å². The molecule has 86 valence electrons. The van der Waals surface area contributed by atoms with Gasteiger partial charge < -0.3 is 0 Å². The summed E-state index contributed by atoms with van der Waals surface area (Å²) >= 11 is 14.9. The largest absolute Gasteiger partial charge is 0.280 e. The summed E-state index contributed by atoms with van der Waals surface area (Å²) in [6, 6.07) is 1.44. The van der Waals surface area contributed by atoms with Crippen molar-refractivity contribution in [2.24, 2.45) is 5.92 Å². The fraction of sp³-hybridized carbons (Fsp3) is 0.444. The van der Waals surface area contributed by atoms with Crippen LogP contribution in [0.3, 0.4) is 0 Å². The van der Waals surface area contributed by atoms with Gasteiger partial charge in [-0.05, 0) is 5.92 Å². The number of nitrogens with zero attached hydrogens (tertiary/aromatic N) is 3. The number of carbonyl (C=O) groups is 1. The van der Waals surface area contributed by atoms with Gasteiger partial charge in [0.05, 0.1) is 0 Å². The van der Waals surface area contributed by atoms with Crippen LogP contribution in [-0.4, -0.2) is 27.7 Å². The van der Waals surface area contributed by atoms with Crippen LogP contribution >= 0.6 is 39.1 Å². The number of hydrogen-bond acceptors (Lipinski definition) is 3. The molecule has 1 atom stereocenters. The molecule has 0 radical (unpaired) electrons. The van der Waals surface area contributed by atoms with Crippen LogP contribution in [0, 0.1) is 5.92 Å². The molecule has 1 fully saturated rings. The number of amides is 1. The Kier molecular flexibility index (Phi) is 3.66. The Morgan fingerprint density at radius 1 is 1.44 bits per heavy atom. The first-order chi connectivity index (χ1) is 7.60. The molecule has 4 nitrogen and oxygen atoms in total. The topological polar surface area (TPSA) is 46.1 Å². The lowest BCUT2D eigenvalue weighted by atomic mass is 10.2. The summed E-state index contributed by atoms with van der Waals surface area (Å²) in [5.41, 5.74) is 0. The second kappa shape index (κ2) is 4.85. The van der Waals surface area contributed by atoms with Crippen molar-refractivity contribution in [1.29, 1.82) is 0 Å². The van der Waals surface area contributed by atoms with Crippen molar-refractivity contribution in [3.63, 3.8) is 0 Å². The molecule has 2 rings (SSSR count). The highest BCUT2D eigenvalue weighted by molar-refractivity contribution is 9.09. The highest BCUT2D eigenvalue weighted by Crippen LogP contribution is 2.25. The van der Waals surface area contributed by atoms with Gasteiger partial charge in [0, 0.05) is 24.4 Å². The van der Waals surface area contributed by atoms with E-state index in [4.69, 9.17) is 23.2 Å². The van der Waals surface area contributed by atoms with Crippen LogP contribution in [0.4, 0.5) is 5.95 Å². The molecule has 1 amide bonds. The lowest BCUT2D eigenvalue weighted by Gasteiger charge is -2.14. The van der Waals surface area contributed by atoms with Crippen LogP contribution in [0.25, 0.3) is 0 Å². The van der Waals surface area contributed by atoms with Crippen molar-refractivity contribution in [3.8, 4) is 0 Å². The van der Waals surface area contributed by atoms with Crippen molar-refractivity contribution in [3.05, 3.63) is 16.4 Å². The van der Waals surface area contributed by atoms with E-state index in [-0.39, 0.29) is 28.1 Å². The van der Waals surface area contributed by atoms with Crippen molar-refractivity contribution in [2.45, 2.75) is 6.42 Å². The molecule has 2 heterocycles. The zero-order valence-corrected chi connectivity index (χ0v) is 11.3. The zero-order valence-electron chi connectivity index (χ0n) is 8.16. The second-order valence-electron chi connectivity index (χ2n) is 3.54. The van der Waals surface area contributed by atoms with Gasteiger partial charge in [0.15, 0.2) is 0 Å². The lowest BCUT2D eigenvalue weighted by Crippen LogP contribution is -2.26. The fourth-order valence-electron chi connectivity index (χ4n) is 1.58. The van der Waals surface area contributed by atoms with E-state index in [2.05, 4.69) is 25.9 Å². The van der Waals surface area contributed by atoms with E-state index >= 15 is 0 Å². The molecule has 0 N–H and O–H groups in total. The molecular weight excluding hydrogens is 317 g/mol. The highest BCUT2D eigenvalue weighted by atomic mass is 79.9. The maximum atomic E-state index is 11.7. The summed E-state index contributed by atoms with van der Waals surface area (Å²) in [4.78, 5) is 21.2. The molecule has 7 heteroatoms. The van der Waals surface area contributed by atoms with Gasteiger partial charge >= 0.3 is 0 Å². The van der Waals surface area contributed by atoms with E-state index in [1.165, 1.54) is 11.0 Å². The molecule has 0 bridgehead atoms. The quantitative estimate of drug-likeness (QED) is 0.620. The number of anilines is 1. The third-order valence-electron chi connectivity index (χ3n) is 2.32. The Labute approximate surface area is 111 Å². The number of aromatic nitrogens is 2. The van der Waals surface area contributed by atoms with Crippen LogP contribution in [0.5, 0.6) is 0 Å². The van der Waals surface area contributed by atoms with E-state index in [9.17, 15) is 4.79 Å². The summed E-state index contributed by atoms with van der Waals surface area (Å²) in [6.07, 6.45) is 0.499. The summed E-state index contributed by atoms with van der Waals surface area (Å²) in [5, 5.41) is 1.26. The van der Waals surface area contributed by atoms with Gasteiger partial charge in [0.25, 0.3) is 0 Å². The molecule has 0 spiro atoms. The Morgan fingerprint density at radius 2 is 2.06 bits per heavy atom. The number of alkyl halides is 1. The van der Waals surface area contributed by atoms with E-state index < -0.39 is 0 Å². The van der Waals surface area contributed by atoms with Crippen molar-refractivity contribution in [2.75, 3.05) is 16.8 Å². The van der Waals surface area contributed by atoms with Crippen LogP contribution in [0.1, 0.15) is 6.42 Å². The predicted octanol–water partition coefficient (Wildman–Crippen LogP) is 2.53. The Morgan fingerprint density at radius 3 is 2.56 bits per heavy atom. The standard InChI is InChI=1S/C9H8BrCl2N3O/c10-3-5-1-8(16)15(4-5)9-13-6(11)2-7(12)14-9/h2,5H,1,3-4H2. The fourth-order valence-corrected chi connectivity index (χ4v) is 2.43. The molecule has 0 saturated carbocycles. The van der Waals surface area contributed by atoms with Crippen molar-refractivity contribution < 1.29 is 4.79 Å². The average molecular weight is 325 g/mol. The molecule has 1 aromatic rings. The number of hydrogen-bond donors (Lipinski definition) is 0. The molecule has 1 aliphatic heterocycles. The summed E-state index contributed by atoms with van der Waals surface area (Å²) in [7, 11) is 0. The first-order valence-electron chi connectivity index (χ1n) is 4.66. The van der Waals surface area contributed by atoms with Crippen LogP contribution in [-0.2, 0) is 4.79 Å². The Bertz CT molecular complexity index is 409. The molecule has 0 aromatic carbocycles. The average Bonchev–Trinajstić information content (AvgIpc) is 2.58. The smallest absolute Gasteiger partial charge is 0.234 e. The third kappa shape index (κ3) is 2.47. The number of rotatable bonds is 2. The molecule has 16 heavy (non-hydrogen) atoms. The molecule has 1 aliphatic rings. The third-order valence-corrected chi connectivity index (χ3v) is 3.62. The molecule has 1 saturated heterocycles. The van der Waals surface area contributed by atoms with E-state index in [1.807, 2.05) is 0 Å². The van der Waals surface area contributed by atoms with Crippen molar-refractivity contribution >= 4 is 51.0 Å². The van der Waals surface area contributed by atoms with Crippen LogP contribution < -0.4 is 4.90 Å². The second-order valence-corrected chi connectivity index (χ2v) is 4.96. The maximum absolute atomic E-state index is 11.7. The van der Waals surface area contributed by atoms with Gasteiger partial charge in [-0.3, -0.25) is 9.69 Å². The highest BCUT2D eigenvalue weighted by Gasteiger charge is 2.31. The minimum absolute atomic E-state index is 0.00258. The monoisotopic (exact) mass is 323 g/mol. The number of carbonyl (C=O) groups excluding carboxylic acids is 1. The van der Waals surface area contributed by atoms with E-state index in [0.29, 0.717) is 13.0 Å². The van der Waals surface area contributed by atoms with Gasteiger partial charge in [-0.25, -0.2) is 9.97 Å². The molecular formula is C9H8BrCl2N3O. The maximum Gasteiger partial charge on any atom is 0.234 e. The van der Waals surface area contributed by atoms with E-state index in [1.54, 1.807) is 0 Å². The number of halogens is 3. The summed E-state index contributed by atoms with van der Waals surface area (Å²) < 4.78 is 0.